The minimum absolute atomic E-state index is 0.0312. The quantitative estimate of drug-likeness (QED) is 0.0659. The van der Waals surface area contributed by atoms with Gasteiger partial charge in [0.2, 0.25) is 17.7 Å². The molecule has 5 rings (SSSR count). The topological polar surface area (TPSA) is 253 Å². The van der Waals surface area contributed by atoms with Gasteiger partial charge in [-0.05, 0) is 120 Å². The van der Waals surface area contributed by atoms with Crippen molar-refractivity contribution in [3.63, 3.8) is 0 Å². The minimum Gasteiger partial charge on any atom is -0.505 e. The minimum atomic E-state index is -1.49. The number of phenolic OH excluding ortho intramolecular Hbond substituents is 1. The number of esters is 1. The van der Waals surface area contributed by atoms with E-state index in [1.54, 1.807) is 58.9 Å². The molecule has 2 saturated heterocycles. The molecule has 2 fully saturated rings. The van der Waals surface area contributed by atoms with Gasteiger partial charge in [0.15, 0.2) is 23.1 Å². The van der Waals surface area contributed by atoms with Crippen LogP contribution in [-0.2, 0) is 44.7 Å². The van der Waals surface area contributed by atoms with E-state index >= 15 is 0 Å². The molecule has 2 bridgehead atoms. The van der Waals surface area contributed by atoms with Gasteiger partial charge in [0, 0.05) is 55.9 Å². The fourth-order valence-corrected chi connectivity index (χ4v) is 10.9. The van der Waals surface area contributed by atoms with Crippen molar-refractivity contribution in [2.75, 3.05) is 6.54 Å². The molecule has 8 N–H and O–H groups in total. The number of hydrazine groups is 1. The third kappa shape index (κ3) is 18.7. The van der Waals surface area contributed by atoms with E-state index in [0.717, 1.165) is 54.0 Å². The third-order valence-electron chi connectivity index (χ3n) is 16.5. The number of amides is 4. The van der Waals surface area contributed by atoms with Gasteiger partial charge >= 0.3 is 5.97 Å². The lowest BCUT2D eigenvalue weighted by molar-refractivity contribution is -0.179. The van der Waals surface area contributed by atoms with Gasteiger partial charge in [0.25, 0.3) is 5.91 Å². The second-order valence-corrected chi connectivity index (χ2v) is 23.2. The van der Waals surface area contributed by atoms with Crippen LogP contribution in [0.5, 0.6) is 5.75 Å². The number of hydrogen-bond donors (Lipinski definition) is 8. The first kappa shape index (κ1) is 67.9. The Balaban J connectivity index is 0.000000436. The largest absolute Gasteiger partial charge is 0.505 e. The maximum atomic E-state index is 14.4. The van der Waals surface area contributed by atoms with Crippen LogP contribution in [0.15, 0.2) is 71.9 Å². The monoisotopic (exact) mass is 1140 g/mol. The maximum Gasteiger partial charge on any atom is 0.325 e. The number of cyclic esters (lactones) is 1. The van der Waals surface area contributed by atoms with E-state index in [9.17, 15) is 58.0 Å². The van der Waals surface area contributed by atoms with Gasteiger partial charge in [0.05, 0.1) is 30.3 Å². The number of aliphatic hydroxyl groups is 3. The average molecular weight is 1140 g/mol. The summed E-state index contributed by atoms with van der Waals surface area (Å²) in [4.78, 5) is 79.9. The van der Waals surface area contributed by atoms with E-state index in [2.05, 4.69) is 74.2 Å². The Labute approximate surface area is 478 Å². The Kier molecular flexibility index (Phi) is 26.6. The highest BCUT2D eigenvalue weighted by atomic mass is 19.2. The molecule has 4 aliphatic heterocycles. The van der Waals surface area contributed by atoms with E-state index < -0.39 is 114 Å². The van der Waals surface area contributed by atoms with Crippen molar-refractivity contribution >= 4 is 35.4 Å². The number of aromatic hydroxyl groups is 1. The molecule has 0 aromatic heterocycles. The summed E-state index contributed by atoms with van der Waals surface area (Å²) in [6.45, 7) is 22.4. The van der Waals surface area contributed by atoms with E-state index in [4.69, 9.17) is 9.47 Å². The van der Waals surface area contributed by atoms with Crippen LogP contribution in [0.1, 0.15) is 153 Å². The number of halogens is 2. The first-order valence-electron chi connectivity index (χ1n) is 29.0. The highest BCUT2D eigenvalue weighted by Crippen LogP contribution is 2.43. The lowest BCUT2D eigenvalue weighted by atomic mass is 9.75. The molecule has 1 aromatic carbocycles. The number of rotatable bonds is 14. The lowest BCUT2D eigenvalue weighted by Crippen LogP contribution is -2.64. The zero-order valence-electron chi connectivity index (χ0n) is 49.7. The SMILES string of the molecule is C/C=C(\C)[C@@H]1C/C=C/C=C/[C@H](O)[C@H](C)[C@@H](O)[C@@H](CCC(C)=O)C(=O)N[C@@H](C(C)C)C(=O)N[C@@H](Cc2cc(O)c(F)c(F)c2)C(=O)N2CCCC(N2)C(=O)O1.C/C=C/CC[C@H](C)[C@@H](O)C[C@@H]1O[C@@]2(NC(=O)[C@@H](CC)C[C@@H]2C)C(C)=C[C@H]1C. The van der Waals surface area contributed by atoms with Gasteiger partial charge in [-0.2, -0.15) is 4.39 Å². The third-order valence-corrected chi connectivity index (χ3v) is 16.5. The number of benzene rings is 1. The number of ether oxygens (including phenoxy) is 2. The smallest absolute Gasteiger partial charge is 0.325 e. The van der Waals surface area contributed by atoms with Gasteiger partial charge in [-0.3, -0.25) is 29.0 Å². The Morgan fingerprint density at radius 3 is 2.32 bits per heavy atom. The number of phenols is 1. The first-order chi connectivity index (χ1) is 38.2. The number of carbonyl (C=O) groups excluding carboxylic acids is 6. The van der Waals surface area contributed by atoms with Crippen LogP contribution in [0.25, 0.3) is 0 Å². The van der Waals surface area contributed by atoms with Crippen molar-refractivity contribution in [3.8, 4) is 5.75 Å². The lowest BCUT2D eigenvalue weighted by Gasteiger charge is -2.51. The van der Waals surface area contributed by atoms with Gasteiger partial charge in [0.1, 0.15) is 30.0 Å². The van der Waals surface area contributed by atoms with Crippen LogP contribution in [0.4, 0.5) is 8.78 Å². The van der Waals surface area contributed by atoms with Gasteiger partial charge < -0.3 is 50.6 Å². The number of Topliss-reactive ketones (excluding diaryl/α,β-unsaturated/α-hetero) is 1. The molecule has 4 amide bonds. The highest BCUT2D eigenvalue weighted by Gasteiger charge is 2.51. The molecule has 4 heterocycles. The van der Waals surface area contributed by atoms with Crippen LogP contribution in [0.2, 0.25) is 0 Å². The normalized spacial score (nSPS) is 32.0. The summed E-state index contributed by atoms with van der Waals surface area (Å²) in [5, 5.41) is 52.6. The van der Waals surface area contributed by atoms with E-state index in [1.165, 1.54) is 13.0 Å². The molecule has 0 aliphatic carbocycles. The molecular weight excluding hydrogens is 1040 g/mol. The van der Waals surface area contributed by atoms with Crippen molar-refractivity contribution < 1.29 is 67.4 Å². The van der Waals surface area contributed by atoms with E-state index in [0.29, 0.717) is 19.3 Å². The molecule has 4 aliphatic rings. The van der Waals surface area contributed by atoms with Crippen molar-refractivity contribution in [3.05, 3.63) is 89.1 Å². The first-order valence-corrected chi connectivity index (χ1v) is 29.0. The van der Waals surface area contributed by atoms with Gasteiger partial charge in [-0.1, -0.05) is 97.1 Å². The van der Waals surface area contributed by atoms with Crippen LogP contribution in [-0.4, -0.2) is 122 Å². The Hall–Kier alpha value is -5.60. The summed E-state index contributed by atoms with van der Waals surface area (Å²) in [5.41, 5.74) is 4.00. The fraction of sp³-hybridized carbons (Fsp3) is 0.645. The number of hydrogen-bond acceptors (Lipinski definition) is 13. The van der Waals surface area contributed by atoms with E-state index in [-0.39, 0.29) is 72.8 Å². The van der Waals surface area contributed by atoms with Crippen LogP contribution < -0.4 is 21.4 Å². The molecule has 1 aromatic rings. The zero-order chi connectivity index (χ0) is 60.5. The molecule has 1 spiro atoms. The number of nitrogens with zero attached hydrogens (tertiary/aromatic N) is 1. The molecule has 15 atom stereocenters. The van der Waals surface area contributed by atoms with Crippen molar-refractivity contribution in [2.45, 2.75) is 208 Å². The summed E-state index contributed by atoms with van der Waals surface area (Å²) in [7, 11) is 0. The molecule has 0 radical (unpaired) electrons. The number of carbonyl (C=O) groups is 6. The number of piperidine rings is 1. The summed E-state index contributed by atoms with van der Waals surface area (Å²) in [5.74, 6) is -8.92. The Morgan fingerprint density at radius 1 is 0.988 bits per heavy atom. The molecule has 17 nitrogen and oxygen atoms in total. The predicted molar refractivity (Wildman–Crippen MR) is 305 cm³/mol. The summed E-state index contributed by atoms with van der Waals surface area (Å²) in [6, 6.07) is -1.99. The van der Waals surface area contributed by atoms with Gasteiger partial charge in [-0.15, -0.1) is 0 Å². The number of ketones is 1. The second-order valence-electron chi connectivity index (χ2n) is 23.2. The number of aliphatic hydroxyl groups excluding tert-OH is 3. The van der Waals surface area contributed by atoms with Crippen molar-refractivity contribution in [2.24, 2.45) is 41.4 Å². The average Bonchev–Trinajstić information content (AvgIpc) is 3.55. The summed E-state index contributed by atoms with van der Waals surface area (Å²) < 4.78 is 40.8. The van der Waals surface area contributed by atoms with Crippen LogP contribution in [0, 0.1) is 53.1 Å². The van der Waals surface area contributed by atoms with Crippen LogP contribution >= 0.6 is 0 Å². The van der Waals surface area contributed by atoms with E-state index in [1.807, 2.05) is 6.92 Å². The standard InChI is InChI=1S/C39H54F2N4O9.C23H39NO3/c1-7-22(4)32-14-10-8-9-13-30(47)24(6)35(49)26(16-15-23(5)46)36(50)43-34(21(2)3)37(51)42-29(19-25-18-27(40)33(41)31(48)20-25)38(52)45-17-11-12-28(44-45)39(53)54-32;1-7-9-10-11-15(3)20(25)14-21-16(4)12-17(5)23(27-21)18(6)13-19(8-2)22(26)24-23/h7-10,13,18,20-21,24,26,28-30,32,34-35,44,47-49H,11-12,14-17,19H2,1-6H3,(H,42,51)(H,43,50);7,9,12,15-16,18-21,25H,8,10-11,13-14H2,1-6H3,(H,24,26)/b10-8+,13-9+,22-7+;9-7+/t24-,26+,28?,29-,30-,32-,34-,35+;15-,16+,18-,19-,20-,21-,23-/m00/s1. The summed E-state index contributed by atoms with van der Waals surface area (Å²) >= 11 is 0. The number of nitrogens with one attached hydrogen (secondary N) is 4. The van der Waals surface area contributed by atoms with Crippen molar-refractivity contribution in [1.29, 1.82) is 0 Å². The molecule has 81 heavy (non-hydrogen) atoms. The Morgan fingerprint density at radius 2 is 1.69 bits per heavy atom. The predicted octanol–water partition coefficient (Wildman–Crippen LogP) is 7.66. The molecule has 0 saturated carbocycles. The zero-order valence-corrected chi connectivity index (χ0v) is 49.7. The Bertz CT molecular complexity index is 2460. The second kappa shape index (κ2) is 31.7. The van der Waals surface area contributed by atoms with Gasteiger partial charge in [-0.25, -0.2) is 9.82 Å². The fourth-order valence-electron chi connectivity index (χ4n) is 10.9. The number of fused-ring (bicyclic) bond motifs is 2. The van der Waals surface area contributed by atoms with Crippen LogP contribution in [0.3, 0.4) is 0 Å². The molecular formula is C62H93F2N5O12. The maximum absolute atomic E-state index is 14.4. The molecule has 452 valence electrons. The number of allylic oxidation sites excluding steroid dienone is 5. The molecule has 1 unspecified atom stereocenters. The summed E-state index contributed by atoms with van der Waals surface area (Å²) in [6.07, 6.45) is 15.5. The highest BCUT2D eigenvalue weighted by molar-refractivity contribution is 5.93. The molecule has 19 heteroatoms. The van der Waals surface area contributed by atoms with Crippen molar-refractivity contribution in [1.82, 2.24) is 26.4 Å².